The summed E-state index contributed by atoms with van der Waals surface area (Å²) in [4.78, 5) is 20.2. The first kappa shape index (κ1) is 14.7. The summed E-state index contributed by atoms with van der Waals surface area (Å²) in [6.07, 6.45) is 10.1. The van der Waals surface area contributed by atoms with E-state index in [0.717, 1.165) is 30.6 Å². The zero-order chi connectivity index (χ0) is 15.4. The molecule has 0 spiro atoms. The van der Waals surface area contributed by atoms with E-state index in [1.165, 1.54) is 7.11 Å². The van der Waals surface area contributed by atoms with Crippen LogP contribution in [0.25, 0.3) is 5.82 Å². The van der Waals surface area contributed by atoms with Crippen LogP contribution < -0.4 is 5.32 Å². The molecule has 116 valence electrons. The zero-order valence-corrected chi connectivity index (χ0v) is 12.6. The molecule has 0 saturated heterocycles. The number of pyridine rings is 1. The average molecular weight is 300 g/mol. The Kier molecular flexibility index (Phi) is 4.48. The molecule has 0 unspecified atom stereocenters. The molecule has 1 aliphatic carbocycles. The van der Waals surface area contributed by atoms with E-state index in [2.05, 4.69) is 15.3 Å². The smallest absolute Gasteiger partial charge is 0.310 e. The first-order valence-corrected chi connectivity index (χ1v) is 7.52. The van der Waals surface area contributed by atoms with Crippen LogP contribution in [0.15, 0.2) is 37.1 Å². The van der Waals surface area contributed by atoms with Gasteiger partial charge in [0, 0.05) is 31.2 Å². The average Bonchev–Trinajstić information content (AvgIpc) is 3.24. The number of nitrogens with one attached hydrogen (secondary N) is 1. The lowest BCUT2D eigenvalue weighted by molar-refractivity contribution is -0.145. The minimum Gasteiger partial charge on any atom is -0.469 e. The fraction of sp³-hybridized carbons (Fsp3) is 0.438. The lowest BCUT2D eigenvalue weighted by atomic mass is 10.0. The highest BCUT2D eigenvalue weighted by molar-refractivity contribution is 5.73. The summed E-state index contributed by atoms with van der Waals surface area (Å²) >= 11 is 0. The molecule has 2 heterocycles. The minimum atomic E-state index is -0.108. The summed E-state index contributed by atoms with van der Waals surface area (Å²) in [7, 11) is 1.45. The number of carbonyl (C=O) groups excluding carboxylic acids is 1. The van der Waals surface area contributed by atoms with Gasteiger partial charge in [0.2, 0.25) is 0 Å². The van der Waals surface area contributed by atoms with E-state index in [0.29, 0.717) is 6.54 Å². The fourth-order valence-corrected chi connectivity index (χ4v) is 2.96. The number of imidazole rings is 1. The highest BCUT2D eigenvalue weighted by atomic mass is 16.5. The number of aromatic nitrogens is 3. The Morgan fingerprint density at radius 1 is 1.45 bits per heavy atom. The second-order valence-corrected chi connectivity index (χ2v) is 5.54. The first-order valence-electron chi connectivity index (χ1n) is 7.52. The lowest BCUT2D eigenvalue weighted by Crippen LogP contribution is -2.36. The van der Waals surface area contributed by atoms with E-state index < -0.39 is 0 Å². The molecular formula is C16H20N4O2. The third-order valence-corrected chi connectivity index (χ3v) is 4.17. The van der Waals surface area contributed by atoms with Crippen molar-refractivity contribution in [1.82, 2.24) is 19.9 Å². The van der Waals surface area contributed by atoms with Crippen molar-refractivity contribution in [2.24, 2.45) is 5.92 Å². The summed E-state index contributed by atoms with van der Waals surface area (Å²) in [6, 6.07) is 4.20. The summed E-state index contributed by atoms with van der Waals surface area (Å²) in [5, 5.41) is 3.46. The Labute approximate surface area is 129 Å². The molecule has 0 radical (unpaired) electrons. The van der Waals surface area contributed by atoms with Crippen LogP contribution in [-0.2, 0) is 16.1 Å². The van der Waals surface area contributed by atoms with E-state index in [-0.39, 0.29) is 17.9 Å². The number of hydrogen-bond donors (Lipinski definition) is 1. The molecule has 1 fully saturated rings. The van der Waals surface area contributed by atoms with Crippen molar-refractivity contribution >= 4 is 5.97 Å². The van der Waals surface area contributed by atoms with E-state index in [4.69, 9.17) is 4.74 Å². The van der Waals surface area contributed by atoms with Crippen molar-refractivity contribution < 1.29 is 9.53 Å². The summed E-state index contributed by atoms with van der Waals surface area (Å²) in [6.45, 7) is 0.704. The van der Waals surface area contributed by atoms with Crippen molar-refractivity contribution in [3.63, 3.8) is 0 Å². The van der Waals surface area contributed by atoms with Gasteiger partial charge < -0.3 is 10.1 Å². The van der Waals surface area contributed by atoms with Gasteiger partial charge in [0.05, 0.1) is 13.0 Å². The molecule has 1 aliphatic rings. The zero-order valence-electron chi connectivity index (χ0n) is 12.6. The van der Waals surface area contributed by atoms with Crippen LogP contribution in [0.1, 0.15) is 24.8 Å². The van der Waals surface area contributed by atoms with E-state index in [1.54, 1.807) is 12.5 Å². The Balaban J connectivity index is 1.58. The highest BCUT2D eigenvalue weighted by Crippen LogP contribution is 2.26. The van der Waals surface area contributed by atoms with Crippen molar-refractivity contribution in [1.29, 1.82) is 0 Å². The van der Waals surface area contributed by atoms with Crippen LogP contribution in [-0.4, -0.2) is 33.7 Å². The van der Waals surface area contributed by atoms with Crippen LogP contribution >= 0.6 is 0 Å². The third kappa shape index (κ3) is 3.17. The molecule has 2 aromatic rings. The van der Waals surface area contributed by atoms with Crippen LogP contribution in [0.4, 0.5) is 0 Å². The molecule has 2 atom stereocenters. The van der Waals surface area contributed by atoms with Gasteiger partial charge in [-0.3, -0.25) is 9.36 Å². The number of ether oxygens (including phenoxy) is 1. The van der Waals surface area contributed by atoms with Gasteiger partial charge in [-0.15, -0.1) is 0 Å². The number of esters is 1. The Hall–Kier alpha value is -2.21. The molecule has 0 aliphatic heterocycles. The van der Waals surface area contributed by atoms with Crippen LogP contribution in [0, 0.1) is 5.92 Å². The second kappa shape index (κ2) is 6.70. The van der Waals surface area contributed by atoms with E-state index >= 15 is 0 Å². The maximum atomic E-state index is 11.7. The van der Waals surface area contributed by atoms with E-state index in [9.17, 15) is 4.79 Å². The summed E-state index contributed by atoms with van der Waals surface area (Å²) < 4.78 is 6.74. The minimum absolute atomic E-state index is 0.0248. The van der Waals surface area contributed by atoms with Gasteiger partial charge in [-0.2, -0.15) is 0 Å². The molecule has 1 saturated carbocycles. The van der Waals surface area contributed by atoms with Gasteiger partial charge in [-0.05, 0) is 24.5 Å². The maximum Gasteiger partial charge on any atom is 0.310 e. The number of carbonyl (C=O) groups is 1. The molecule has 6 heteroatoms. The molecule has 0 amide bonds. The van der Waals surface area contributed by atoms with Gasteiger partial charge in [0.25, 0.3) is 0 Å². The van der Waals surface area contributed by atoms with Crippen LogP contribution in [0.3, 0.4) is 0 Å². The lowest BCUT2D eigenvalue weighted by Gasteiger charge is -2.19. The molecule has 0 bridgehead atoms. The largest absolute Gasteiger partial charge is 0.469 e. The topological polar surface area (TPSA) is 69.0 Å². The van der Waals surface area contributed by atoms with Gasteiger partial charge in [-0.1, -0.05) is 12.5 Å². The maximum absolute atomic E-state index is 11.7. The predicted molar refractivity (Wildman–Crippen MR) is 81.3 cm³/mol. The second-order valence-electron chi connectivity index (χ2n) is 5.54. The monoisotopic (exact) mass is 300 g/mol. The molecule has 0 aromatic carbocycles. The standard InChI is InChI=1S/C16H20N4O2/c1-22-16(21)13-3-2-4-14(13)18-9-12-5-6-15(19-10-12)20-8-7-17-11-20/h5-8,10-11,13-14,18H,2-4,9H2,1H3/t13-,14-/m0/s1. The number of methoxy groups -OCH3 is 1. The molecule has 22 heavy (non-hydrogen) atoms. The molecule has 6 nitrogen and oxygen atoms in total. The SMILES string of the molecule is COC(=O)[C@H]1CCC[C@@H]1NCc1ccc(-n2ccnc2)nc1. The third-order valence-electron chi connectivity index (χ3n) is 4.17. The highest BCUT2D eigenvalue weighted by Gasteiger charge is 2.33. The summed E-state index contributed by atoms with van der Waals surface area (Å²) in [5.74, 6) is 0.710. The van der Waals surface area contributed by atoms with Gasteiger partial charge >= 0.3 is 5.97 Å². The van der Waals surface area contributed by atoms with Crippen molar-refractivity contribution in [2.75, 3.05) is 7.11 Å². The van der Waals surface area contributed by atoms with Gasteiger partial charge in [0.15, 0.2) is 0 Å². The predicted octanol–water partition coefficient (Wildman–Crippen LogP) is 1.70. The molecular weight excluding hydrogens is 280 g/mol. The van der Waals surface area contributed by atoms with Crippen LogP contribution in [0.5, 0.6) is 0 Å². The summed E-state index contributed by atoms with van der Waals surface area (Å²) in [5.41, 5.74) is 1.10. The van der Waals surface area contributed by atoms with Crippen molar-refractivity contribution in [3.05, 3.63) is 42.6 Å². The van der Waals surface area contributed by atoms with Crippen LogP contribution in [0.2, 0.25) is 0 Å². The number of hydrogen-bond acceptors (Lipinski definition) is 5. The first-order chi connectivity index (χ1) is 10.8. The quantitative estimate of drug-likeness (QED) is 0.851. The Bertz CT molecular complexity index is 610. The van der Waals surface area contributed by atoms with Crippen molar-refractivity contribution in [3.8, 4) is 5.82 Å². The molecule has 1 N–H and O–H groups in total. The normalized spacial score (nSPS) is 21.0. The van der Waals surface area contributed by atoms with Gasteiger partial charge in [-0.25, -0.2) is 9.97 Å². The molecule has 2 aromatic heterocycles. The Morgan fingerprint density at radius 3 is 3.05 bits per heavy atom. The number of nitrogens with zero attached hydrogens (tertiary/aromatic N) is 3. The van der Waals surface area contributed by atoms with Crippen molar-refractivity contribution in [2.45, 2.75) is 31.8 Å². The van der Waals surface area contributed by atoms with E-state index in [1.807, 2.05) is 29.1 Å². The number of rotatable bonds is 5. The Morgan fingerprint density at radius 2 is 2.36 bits per heavy atom. The molecule has 3 rings (SSSR count). The fourth-order valence-electron chi connectivity index (χ4n) is 2.96. The van der Waals surface area contributed by atoms with Gasteiger partial charge in [0.1, 0.15) is 12.1 Å².